The second-order valence-corrected chi connectivity index (χ2v) is 10.5. The summed E-state index contributed by atoms with van der Waals surface area (Å²) in [5.41, 5.74) is 2.21. The molecule has 0 radical (unpaired) electrons. The van der Waals surface area contributed by atoms with Gasteiger partial charge in [0.2, 0.25) is 0 Å². The summed E-state index contributed by atoms with van der Waals surface area (Å²) in [6, 6.07) is 14.3. The van der Waals surface area contributed by atoms with Crippen LogP contribution >= 0.6 is 0 Å². The fraction of sp³-hybridized carbons (Fsp3) is 0.458. The number of anilines is 1. The van der Waals surface area contributed by atoms with Gasteiger partial charge in [-0.15, -0.1) is 0 Å². The summed E-state index contributed by atoms with van der Waals surface area (Å²) in [5, 5.41) is 0. The Morgan fingerprint density at radius 3 is 2.71 bits per heavy atom. The van der Waals surface area contributed by atoms with Crippen LogP contribution in [0.15, 0.2) is 53.4 Å². The Morgan fingerprint density at radius 1 is 0.968 bits per heavy atom. The molecule has 2 atom stereocenters. The molecule has 0 aromatic heterocycles. The molecule has 0 spiro atoms. The third-order valence-corrected chi connectivity index (χ3v) is 8.54. The molecule has 5 rings (SSSR count). The predicted molar refractivity (Wildman–Crippen MR) is 119 cm³/mol. The zero-order chi connectivity index (χ0) is 21.4. The second-order valence-electron chi connectivity index (χ2n) is 8.60. The van der Waals surface area contributed by atoms with E-state index in [2.05, 4.69) is 0 Å². The first-order valence-corrected chi connectivity index (χ1v) is 12.6. The molecule has 1 aliphatic carbocycles. The summed E-state index contributed by atoms with van der Waals surface area (Å²) in [5.74, 6) is -0.101. The third-order valence-electron chi connectivity index (χ3n) is 6.73. The van der Waals surface area contributed by atoms with E-state index in [4.69, 9.17) is 4.74 Å². The lowest BCUT2D eigenvalue weighted by molar-refractivity contribution is -0.0752. The van der Waals surface area contributed by atoms with Gasteiger partial charge in [-0.25, -0.2) is 8.42 Å². The number of nitrogens with zero attached hydrogens (tertiary/aromatic N) is 2. The van der Waals surface area contributed by atoms with E-state index in [0.29, 0.717) is 25.3 Å². The Kier molecular flexibility index (Phi) is 5.48. The largest absolute Gasteiger partial charge is 0.374 e. The lowest BCUT2D eigenvalue weighted by Crippen LogP contribution is -2.54. The molecule has 2 heterocycles. The summed E-state index contributed by atoms with van der Waals surface area (Å²) < 4.78 is 34.4. The number of benzene rings is 2. The van der Waals surface area contributed by atoms with E-state index in [0.717, 1.165) is 49.8 Å². The number of fused-ring (bicyclic) bond motifs is 2. The van der Waals surface area contributed by atoms with E-state index in [1.54, 1.807) is 24.3 Å². The fourth-order valence-corrected chi connectivity index (χ4v) is 6.77. The highest BCUT2D eigenvalue weighted by Crippen LogP contribution is 2.33. The van der Waals surface area contributed by atoms with Gasteiger partial charge in [0.05, 0.1) is 29.3 Å². The Labute approximate surface area is 183 Å². The zero-order valence-electron chi connectivity index (χ0n) is 17.6. The van der Waals surface area contributed by atoms with Crippen molar-refractivity contribution < 1.29 is 17.9 Å². The van der Waals surface area contributed by atoms with Crippen molar-refractivity contribution in [3.63, 3.8) is 0 Å². The SMILES string of the molecule is O=C(c1cccc(S(=O)(=O)N2CCCc3ccccc32)c1)N1CCOC2CCCCC21. The Morgan fingerprint density at radius 2 is 1.81 bits per heavy atom. The van der Waals surface area contributed by atoms with Crippen molar-refractivity contribution in [3.05, 3.63) is 59.7 Å². The Hall–Kier alpha value is -2.38. The topological polar surface area (TPSA) is 66.9 Å². The van der Waals surface area contributed by atoms with Gasteiger partial charge in [0, 0.05) is 18.7 Å². The first kappa shape index (κ1) is 20.5. The zero-order valence-corrected chi connectivity index (χ0v) is 18.4. The van der Waals surface area contributed by atoms with Gasteiger partial charge < -0.3 is 9.64 Å². The van der Waals surface area contributed by atoms with E-state index in [1.165, 1.54) is 4.31 Å². The fourth-order valence-electron chi connectivity index (χ4n) is 5.18. The number of hydrogen-bond donors (Lipinski definition) is 0. The maximum absolute atomic E-state index is 13.5. The first-order chi connectivity index (χ1) is 15.1. The number of carbonyl (C=O) groups excluding carboxylic acids is 1. The van der Waals surface area contributed by atoms with E-state index in [1.807, 2.05) is 29.2 Å². The minimum Gasteiger partial charge on any atom is -0.374 e. The normalized spacial score (nSPS) is 23.7. The lowest BCUT2D eigenvalue weighted by atomic mass is 9.89. The molecule has 7 heteroatoms. The number of rotatable bonds is 3. The van der Waals surface area contributed by atoms with Crippen LogP contribution in [0.1, 0.15) is 48.0 Å². The Balaban J connectivity index is 1.45. The van der Waals surface area contributed by atoms with Crippen LogP contribution in [0.25, 0.3) is 0 Å². The summed E-state index contributed by atoms with van der Waals surface area (Å²) in [7, 11) is -3.75. The molecule has 2 aromatic rings. The maximum atomic E-state index is 13.5. The van der Waals surface area contributed by atoms with Crippen molar-refractivity contribution in [1.82, 2.24) is 4.90 Å². The van der Waals surface area contributed by atoms with Crippen molar-refractivity contribution in [2.45, 2.75) is 55.6 Å². The van der Waals surface area contributed by atoms with Crippen molar-refractivity contribution in [3.8, 4) is 0 Å². The Bertz CT molecular complexity index is 1080. The third kappa shape index (κ3) is 3.74. The molecule has 0 N–H and O–H groups in total. The van der Waals surface area contributed by atoms with Crippen LogP contribution in [0, 0.1) is 0 Å². The highest BCUT2D eigenvalue weighted by atomic mass is 32.2. The second kappa shape index (κ2) is 8.28. The molecule has 1 amide bonds. The van der Waals surface area contributed by atoms with Crippen LogP contribution in [0.2, 0.25) is 0 Å². The van der Waals surface area contributed by atoms with Crippen molar-refractivity contribution in [2.24, 2.45) is 0 Å². The van der Waals surface area contributed by atoms with Crippen LogP contribution in [0.3, 0.4) is 0 Å². The van der Waals surface area contributed by atoms with E-state index in [-0.39, 0.29) is 22.9 Å². The van der Waals surface area contributed by atoms with E-state index < -0.39 is 10.0 Å². The number of aryl methyl sites for hydroxylation is 1. The molecular formula is C24H28N2O4S. The monoisotopic (exact) mass is 440 g/mol. The van der Waals surface area contributed by atoms with Gasteiger partial charge in [0.15, 0.2) is 0 Å². The summed E-state index contributed by atoms with van der Waals surface area (Å²) in [6.07, 6.45) is 5.91. The van der Waals surface area contributed by atoms with Crippen LogP contribution in [0.4, 0.5) is 5.69 Å². The molecule has 3 aliphatic rings. The van der Waals surface area contributed by atoms with Gasteiger partial charge in [-0.1, -0.05) is 37.1 Å². The van der Waals surface area contributed by atoms with Crippen molar-refractivity contribution in [1.29, 1.82) is 0 Å². The summed E-state index contributed by atoms with van der Waals surface area (Å²) in [4.78, 5) is 15.4. The number of ether oxygens (including phenoxy) is 1. The van der Waals surface area contributed by atoms with Gasteiger partial charge in [-0.2, -0.15) is 0 Å². The van der Waals surface area contributed by atoms with Crippen LogP contribution < -0.4 is 4.31 Å². The molecule has 164 valence electrons. The van der Waals surface area contributed by atoms with Crippen molar-refractivity contribution >= 4 is 21.6 Å². The minimum absolute atomic E-state index is 0.0873. The number of amides is 1. The number of sulfonamides is 1. The standard InChI is InChI=1S/C24H28N2O4S/c27-24(25-15-16-30-23-13-4-3-12-22(23)25)19-8-5-10-20(17-19)31(28,29)26-14-6-9-18-7-1-2-11-21(18)26/h1-2,5,7-8,10-11,17,22-23H,3-4,6,9,12-16H2. The molecule has 2 unspecified atom stereocenters. The molecule has 1 saturated heterocycles. The first-order valence-electron chi connectivity index (χ1n) is 11.2. The predicted octanol–water partition coefficient (Wildman–Crippen LogP) is 3.61. The number of hydrogen-bond acceptors (Lipinski definition) is 4. The number of carbonyl (C=O) groups is 1. The molecular weight excluding hydrogens is 412 g/mol. The van der Waals surface area contributed by atoms with Crippen LogP contribution in [-0.2, 0) is 21.2 Å². The van der Waals surface area contributed by atoms with Gasteiger partial charge in [-0.05, 0) is 55.5 Å². The quantitative estimate of drug-likeness (QED) is 0.731. The average molecular weight is 441 g/mol. The van der Waals surface area contributed by atoms with Gasteiger partial charge in [0.25, 0.3) is 15.9 Å². The van der Waals surface area contributed by atoms with Gasteiger partial charge in [0.1, 0.15) is 0 Å². The average Bonchev–Trinajstić information content (AvgIpc) is 2.83. The van der Waals surface area contributed by atoms with Crippen LogP contribution in [0.5, 0.6) is 0 Å². The smallest absolute Gasteiger partial charge is 0.264 e. The minimum atomic E-state index is -3.75. The van der Waals surface area contributed by atoms with Crippen molar-refractivity contribution in [2.75, 3.05) is 24.0 Å². The van der Waals surface area contributed by atoms with E-state index >= 15 is 0 Å². The summed E-state index contributed by atoms with van der Waals surface area (Å²) in [6.45, 7) is 1.54. The van der Waals surface area contributed by atoms with Crippen LogP contribution in [-0.4, -0.2) is 51.1 Å². The van der Waals surface area contributed by atoms with Gasteiger partial charge >= 0.3 is 0 Å². The number of morpholine rings is 1. The molecule has 0 bridgehead atoms. The lowest BCUT2D eigenvalue weighted by Gasteiger charge is -2.43. The molecule has 2 fully saturated rings. The molecule has 1 saturated carbocycles. The molecule has 6 nitrogen and oxygen atoms in total. The highest BCUT2D eigenvalue weighted by molar-refractivity contribution is 7.92. The molecule has 2 aromatic carbocycles. The maximum Gasteiger partial charge on any atom is 0.264 e. The summed E-state index contributed by atoms with van der Waals surface area (Å²) >= 11 is 0. The highest BCUT2D eigenvalue weighted by Gasteiger charge is 2.37. The molecule has 2 aliphatic heterocycles. The van der Waals surface area contributed by atoms with E-state index in [9.17, 15) is 13.2 Å². The molecule has 31 heavy (non-hydrogen) atoms. The number of para-hydroxylation sites is 1. The van der Waals surface area contributed by atoms with Gasteiger partial charge in [-0.3, -0.25) is 9.10 Å².